The number of carbonyl (C=O) groups is 2. The van der Waals surface area contributed by atoms with Crippen LogP contribution in [0.1, 0.15) is 18.1 Å². The maximum Gasteiger partial charge on any atom is 0.239 e. The van der Waals surface area contributed by atoms with E-state index in [1.165, 1.54) is 17.9 Å². The summed E-state index contributed by atoms with van der Waals surface area (Å²) in [6, 6.07) is 14.1. The minimum absolute atomic E-state index is 0.0260. The highest BCUT2D eigenvalue weighted by Gasteiger charge is 2.14. The van der Waals surface area contributed by atoms with E-state index in [-0.39, 0.29) is 24.2 Å². The second-order valence-corrected chi connectivity index (χ2v) is 6.19. The first-order valence-corrected chi connectivity index (χ1v) is 8.88. The molecule has 0 unspecified atom stereocenters. The Hall–Kier alpha value is -2.89. The Balaban J connectivity index is 1.83. The van der Waals surface area contributed by atoms with Crippen LogP contribution < -0.4 is 10.1 Å². The van der Waals surface area contributed by atoms with E-state index in [0.29, 0.717) is 31.5 Å². The Morgan fingerprint density at radius 2 is 1.70 bits per heavy atom. The van der Waals surface area contributed by atoms with Crippen LogP contribution in [0.3, 0.4) is 0 Å². The van der Waals surface area contributed by atoms with Crippen LogP contribution in [0, 0.1) is 5.82 Å². The molecule has 2 aromatic rings. The van der Waals surface area contributed by atoms with Crippen molar-refractivity contribution in [2.75, 3.05) is 26.7 Å². The molecular formula is C21H25FN2O3. The Kier molecular flexibility index (Phi) is 7.79. The van der Waals surface area contributed by atoms with E-state index in [1.54, 1.807) is 25.3 Å². The van der Waals surface area contributed by atoms with Crippen molar-refractivity contribution < 1.29 is 18.7 Å². The van der Waals surface area contributed by atoms with Gasteiger partial charge < -0.3 is 15.0 Å². The summed E-state index contributed by atoms with van der Waals surface area (Å²) in [6.07, 6.45) is 0.992. The molecule has 0 heterocycles. The first kappa shape index (κ1) is 20.4. The highest BCUT2D eigenvalue weighted by atomic mass is 19.1. The minimum atomic E-state index is -0.283. The second kappa shape index (κ2) is 10.3. The highest BCUT2D eigenvalue weighted by molar-refractivity contribution is 5.83. The average molecular weight is 372 g/mol. The van der Waals surface area contributed by atoms with Crippen molar-refractivity contribution in [3.8, 4) is 5.75 Å². The maximum absolute atomic E-state index is 13.6. The van der Waals surface area contributed by atoms with Crippen molar-refractivity contribution in [1.29, 1.82) is 0 Å². The summed E-state index contributed by atoms with van der Waals surface area (Å²) in [6.45, 7) is 2.14. The summed E-state index contributed by atoms with van der Waals surface area (Å²) in [5.41, 5.74) is 1.53. The molecule has 0 fully saturated rings. The summed E-state index contributed by atoms with van der Waals surface area (Å²) in [7, 11) is 1.60. The fourth-order valence-corrected chi connectivity index (χ4v) is 2.78. The monoisotopic (exact) mass is 372 g/mol. The number of halogens is 1. The van der Waals surface area contributed by atoms with Gasteiger partial charge in [0.25, 0.3) is 0 Å². The molecule has 27 heavy (non-hydrogen) atoms. The molecule has 0 aliphatic carbocycles. The van der Waals surface area contributed by atoms with Crippen molar-refractivity contribution in [2.24, 2.45) is 0 Å². The number of carbonyl (C=O) groups excluding carboxylic acids is 2. The van der Waals surface area contributed by atoms with E-state index in [4.69, 9.17) is 4.74 Å². The van der Waals surface area contributed by atoms with E-state index in [0.717, 1.165) is 11.3 Å². The van der Waals surface area contributed by atoms with Crippen molar-refractivity contribution in [3.05, 3.63) is 65.5 Å². The fourth-order valence-electron chi connectivity index (χ4n) is 2.78. The normalized spacial score (nSPS) is 10.3. The quantitative estimate of drug-likeness (QED) is 0.736. The third kappa shape index (κ3) is 6.40. The molecule has 0 aromatic heterocycles. The van der Waals surface area contributed by atoms with Gasteiger partial charge in [-0.05, 0) is 36.1 Å². The number of methoxy groups -OCH3 is 1. The summed E-state index contributed by atoms with van der Waals surface area (Å²) in [4.78, 5) is 25.5. The first-order chi connectivity index (χ1) is 13.0. The lowest BCUT2D eigenvalue weighted by Gasteiger charge is -2.21. The number of hydrogen-bond donors (Lipinski definition) is 1. The standard InChI is InChI=1S/C21H25FN2O3/c1-16(25)24(14-12-18-8-4-6-10-20(18)27-2)15-21(26)23-13-11-17-7-3-5-9-19(17)22/h3-10H,11-15H2,1-2H3,(H,23,26). The Morgan fingerprint density at radius 1 is 1.04 bits per heavy atom. The molecule has 0 radical (unpaired) electrons. The molecule has 2 amide bonds. The average Bonchev–Trinajstić information content (AvgIpc) is 2.66. The van der Waals surface area contributed by atoms with Gasteiger partial charge in [0.2, 0.25) is 11.8 Å². The van der Waals surface area contributed by atoms with Crippen LogP contribution >= 0.6 is 0 Å². The van der Waals surface area contributed by atoms with Crippen molar-refractivity contribution in [1.82, 2.24) is 10.2 Å². The lowest BCUT2D eigenvalue weighted by Crippen LogP contribution is -2.41. The van der Waals surface area contributed by atoms with Crippen LogP contribution in [0.15, 0.2) is 48.5 Å². The molecule has 2 rings (SSSR count). The van der Waals surface area contributed by atoms with Gasteiger partial charge in [-0.25, -0.2) is 4.39 Å². The molecule has 0 spiro atoms. The van der Waals surface area contributed by atoms with E-state index in [2.05, 4.69) is 5.32 Å². The minimum Gasteiger partial charge on any atom is -0.496 e. The Morgan fingerprint density at radius 3 is 2.37 bits per heavy atom. The van der Waals surface area contributed by atoms with Gasteiger partial charge in [0.1, 0.15) is 11.6 Å². The number of hydrogen-bond acceptors (Lipinski definition) is 3. The molecule has 1 N–H and O–H groups in total. The first-order valence-electron chi connectivity index (χ1n) is 8.88. The molecular weight excluding hydrogens is 347 g/mol. The predicted molar refractivity (Wildman–Crippen MR) is 102 cm³/mol. The predicted octanol–water partition coefficient (Wildman–Crippen LogP) is 2.58. The lowest BCUT2D eigenvalue weighted by molar-refractivity contribution is -0.134. The Bertz CT molecular complexity index is 780. The molecule has 0 aliphatic rings. The topological polar surface area (TPSA) is 58.6 Å². The van der Waals surface area contributed by atoms with Gasteiger partial charge in [-0.3, -0.25) is 9.59 Å². The number of amides is 2. The fraction of sp³-hybridized carbons (Fsp3) is 0.333. The summed E-state index contributed by atoms with van der Waals surface area (Å²) in [5.74, 6) is 0.0416. The van der Waals surface area contributed by atoms with E-state index >= 15 is 0 Å². The van der Waals surface area contributed by atoms with E-state index in [1.807, 2.05) is 24.3 Å². The molecule has 0 saturated carbocycles. The van der Waals surface area contributed by atoms with Crippen LogP contribution in [-0.4, -0.2) is 43.5 Å². The molecule has 2 aromatic carbocycles. The molecule has 0 aliphatic heterocycles. The maximum atomic E-state index is 13.6. The van der Waals surface area contributed by atoms with E-state index < -0.39 is 0 Å². The largest absolute Gasteiger partial charge is 0.496 e. The second-order valence-electron chi connectivity index (χ2n) is 6.19. The van der Waals surface area contributed by atoms with Gasteiger partial charge in [0.05, 0.1) is 13.7 Å². The van der Waals surface area contributed by atoms with Gasteiger partial charge in [0, 0.05) is 20.0 Å². The number of ether oxygens (including phenoxy) is 1. The van der Waals surface area contributed by atoms with Crippen molar-refractivity contribution in [2.45, 2.75) is 19.8 Å². The van der Waals surface area contributed by atoms with Crippen LogP contribution in [0.25, 0.3) is 0 Å². The SMILES string of the molecule is COc1ccccc1CCN(CC(=O)NCCc1ccccc1F)C(C)=O. The molecule has 144 valence electrons. The van der Waals surface area contributed by atoms with Crippen molar-refractivity contribution in [3.63, 3.8) is 0 Å². The van der Waals surface area contributed by atoms with Gasteiger partial charge in [-0.1, -0.05) is 36.4 Å². The molecule has 0 bridgehead atoms. The van der Waals surface area contributed by atoms with Gasteiger partial charge in [-0.2, -0.15) is 0 Å². The third-order valence-corrected chi connectivity index (χ3v) is 4.30. The van der Waals surface area contributed by atoms with Gasteiger partial charge >= 0.3 is 0 Å². The summed E-state index contributed by atoms with van der Waals surface area (Å²) >= 11 is 0. The van der Waals surface area contributed by atoms with Gasteiger partial charge in [-0.15, -0.1) is 0 Å². The zero-order valence-corrected chi connectivity index (χ0v) is 15.7. The molecule has 5 nitrogen and oxygen atoms in total. The number of nitrogens with zero attached hydrogens (tertiary/aromatic N) is 1. The van der Waals surface area contributed by atoms with E-state index in [9.17, 15) is 14.0 Å². The number of para-hydroxylation sites is 1. The number of rotatable bonds is 9. The number of nitrogens with one attached hydrogen (secondary N) is 1. The molecule has 6 heteroatoms. The van der Waals surface area contributed by atoms with Crippen molar-refractivity contribution >= 4 is 11.8 Å². The zero-order chi connectivity index (χ0) is 19.6. The molecule has 0 atom stereocenters. The highest BCUT2D eigenvalue weighted by Crippen LogP contribution is 2.18. The molecule has 0 saturated heterocycles. The summed E-state index contributed by atoms with van der Waals surface area (Å²) < 4.78 is 18.9. The van der Waals surface area contributed by atoms with Gasteiger partial charge in [0.15, 0.2) is 0 Å². The number of benzene rings is 2. The van der Waals surface area contributed by atoms with Crippen LogP contribution in [-0.2, 0) is 22.4 Å². The smallest absolute Gasteiger partial charge is 0.239 e. The summed E-state index contributed by atoms with van der Waals surface area (Å²) in [5, 5.41) is 2.74. The van der Waals surface area contributed by atoms with Crippen LogP contribution in [0.5, 0.6) is 5.75 Å². The zero-order valence-electron chi connectivity index (χ0n) is 15.7. The third-order valence-electron chi connectivity index (χ3n) is 4.30. The van der Waals surface area contributed by atoms with Crippen LogP contribution in [0.2, 0.25) is 0 Å². The van der Waals surface area contributed by atoms with Crippen LogP contribution in [0.4, 0.5) is 4.39 Å². The lowest BCUT2D eigenvalue weighted by atomic mass is 10.1. The Labute approximate surface area is 159 Å².